The third-order valence-electron chi connectivity index (χ3n) is 4.06. The predicted molar refractivity (Wildman–Crippen MR) is 82.9 cm³/mol. The summed E-state index contributed by atoms with van der Waals surface area (Å²) in [5.41, 5.74) is -0.667. The van der Waals surface area contributed by atoms with Crippen molar-refractivity contribution in [3.63, 3.8) is 0 Å². The van der Waals surface area contributed by atoms with Crippen LogP contribution >= 0.6 is 11.3 Å². The van der Waals surface area contributed by atoms with Crippen LogP contribution in [0.1, 0.15) is 56.2 Å². The van der Waals surface area contributed by atoms with Gasteiger partial charge in [0.15, 0.2) is 0 Å². The summed E-state index contributed by atoms with van der Waals surface area (Å²) in [6.07, 6.45) is 8.60. The van der Waals surface area contributed by atoms with Crippen molar-refractivity contribution in [2.24, 2.45) is 0 Å². The maximum atomic E-state index is 11.8. The average molecular weight is 295 g/mol. The van der Waals surface area contributed by atoms with E-state index < -0.39 is 5.60 Å². The summed E-state index contributed by atoms with van der Waals surface area (Å²) >= 11 is 1.74. The molecule has 0 bridgehead atoms. The average Bonchev–Trinajstić information content (AvgIpc) is 2.85. The first-order valence-electron chi connectivity index (χ1n) is 7.69. The van der Waals surface area contributed by atoms with Crippen LogP contribution in [0.4, 0.5) is 0 Å². The molecule has 1 aliphatic rings. The summed E-state index contributed by atoms with van der Waals surface area (Å²) in [7, 11) is 0. The minimum absolute atomic E-state index is 0.0687. The number of aliphatic hydroxyl groups is 1. The summed E-state index contributed by atoms with van der Waals surface area (Å²) in [6, 6.07) is 4.15. The molecule has 1 heterocycles. The number of hydrogen-bond donors (Lipinski definition) is 2. The number of rotatable bonds is 6. The Labute approximate surface area is 125 Å². The maximum Gasteiger partial charge on any atom is 0.220 e. The molecule has 112 valence electrons. The van der Waals surface area contributed by atoms with Crippen LogP contribution in [0.3, 0.4) is 0 Å². The molecule has 3 nitrogen and oxygen atoms in total. The van der Waals surface area contributed by atoms with Crippen molar-refractivity contribution in [1.82, 2.24) is 5.32 Å². The smallest absolute Gasteiger partial charge is 0.220 e. The van der Waals surface area contributed by atoms with Gasteiger partial charge in [-0.3, -0.25) is 4.79 Å². The van der Waals surface area contributed by atoms with Crippen molar-refractivity contribution in [1.29, 1.82) is 0 Å². The van der Waals surface area contributed by atoms with Crippen molar-refractivity contribution >= 4 is 17.2 Å². The quantitative estimate of drug-likeness (QED) is 0.791. The first-order chi connectivity index (χ1) is 9.68. The zero-order chi connectivity index (χ0) is 14.3. The predicted octanol–water partition coefficient (Wildman–Crippen LogP) is 3.27. The SMILES string of the molecule is O=C(CCCc1cccs1)NCC1(O)CCCCCC1. The molecule has 2 rings (SSSR count). The van der Waals surface area contributed by atoms with E-state index in [1.54, 1.807) is 11.3 Å². The van der Waals surface area contributed by atoms with Crippen LogP contribution < -0.4 is 5.32 Å². The van der Waals surface area contributed by atoms with Crippen molar-refractivity contribution in [2.45, 2.75) is 63.4 Å². The van der Waals surface area contributed by atoms with Crippen molar-refractivity contribution in [3.8, 4) is 0 Å². The third kappa shape index (κ3) is 5.25. The van der Waals surface area contributed by atoms with Crippen LogP contribution in [-0.4, -0.2) is 23.2 Å². The van der Waals surface area contributed by atoms with E-state index in [4.69, 9.17) is 0 Å². The van der Waals surface area contributed by atoms with E-state index in [1.165, 1.54) is 17.7 Å². The van der Waals surface area contributed by atoms with Gasteiger partial charge in [0.2, 0.25) is 5.91 Å². The van der Waals surface area contributed by atoms with Gasteiger partial charge in [0, 0.05) is 17.8 Å². The molecule has 0 aromatic carbocycles. The lowest BCUT2D eigenvalue weighted by Gasteiger charge is -2.26. The molecular weight excluding hydrogens is 270 g/mol. The van der Waals surface area contributed by atoms with Gasteiger partial charge in [-0.2, -0.15) is 0 Å². The number of aryl methyl sites for hydroxylation is 1. The molecule has 1 aliphatic carbocycles. The molecule has 1 aromatic rings. The molecular formula is C16H25NO2S. The summed E-state index contributed by atoms with van der Waals surface area (Å²) < 4.78 is 0. The summed E-state index contributed by atoms with van der Waals surface area (Å²) in [5.74, 6) is 0.0687. The number of carbonyl (C=O) groups is 1. The van der Waals surface area contributed by atoms with Gasteiger partial charge in [-0.25, -0.2) is 0 Å². The fourth-order valence-electron chi connectivity index (χ4n) is 2.79. The van der Waals surface area contributed by atoms with Crippen molar-refractivity contribution in [2.75, 3.05) is 6.54 Å². The molecule has 2 N–H and O–H groups in total. The standard InChI is InChI=1S/C16H25NO2S/c18-15(9-5-7-14-8-6-12-20-14)17-13-16(19)10-3-1-2-4-11-16/h6,8,12,19H,1-5,7,9-11,13H2,(H,17,18). The van der Waals surface area contributed by atoms with Gasteiger partial charge in [0.25, 0.3) is 0 Å². The fraction of sp³-hybridized carbons (Fsp3) is 0.688. The largest absolute Gasteiger partial charge is 0.388 e. The number of hydrogen-bond acceptors (Lipinski definition) is 3. The Morgan fingerprint density at radius 2 is 2.05 bits per heavy atom. The van der Waals surface area contributed by atoms with Gasteiger partial charge >= 0.3 is 0 Å². The van der Waals surface area contributed by atoms with E-state index in [0.717, 1.165) is 38.5 Å². The zero-order valence-electron chi connectivity index (χ0n) is 12.1. The lowest BCUT2D eigenvalue weighted by atomic mass is 9.94. The monoisotopic (exact) mass is 295 g/mol. The van der Waals surface area contributed by atoms with Gasteiger partial charge in [-0.15, -0.1) is 11.3 Å². The first kappa shape index (κ1) is 15.5. The summed E-state index contributed by atoms with van der Waals surface area (Å²) in [5, 5.41) is 15.4. The lowest BCUT2D eigenvalue weighted by Crippen LogP contribution is -2.42. The van der Waals surface area contributed by atoms with Crippen LogP contribution in [0.25, 0.3) is 0 Å². The molecule has 0 saturated heterocycles. The van der Waals surface area contributed by atoms with E-state index in [0.29, 0.717) is 13.0 Å². The van der Waals surface area contributed by atoms with Crippen LogP contribution in [-0.2, 0) is 11.2 Å². The highest BCUT2D eigenvalue weighted by molar-refractivity contribution is 7.09. The van der Waals surface area contributed by atoms with Gasteiger partial charge in [-0.05, 0) is 37.1 Å². The van der Waals surface area contributed by atoms with Gasteiger partial charge in [0.05, 0.1) is 5.60 Å². The summed E-state index contributed by atoms with van der Waals surface area (Å²) in [6.45, 7) is 0.421. The molecule has 1 fully saturated rings. The van der Waals surface area contributed by atoms with E-state index in [9.17, 15) is 9.90 Å². The molecule has 0 spiro atoms. The number of nitrogens with one attached hydrogen (secondary N) is 1. The number of amides is 1. The Balaban J connectivity index is 1.63. The van der Waals surface area contributed by atoms with Crippen LogP contribution in [0.5, 0.6) is 0 Å². The van der Waals surface area contributed by atoms with Crippen LogP contribution in [0.15, 0.2) is 17.5 Å². The molecule has 20 heavy (non-hydrogen) atoms. The van der Waals surface area contributed by atoms with Crippen molar-refractivity contribution in [3.05, 3.63) is 22.4 Å². The normalized spacial score (nSPS) is 18.4. The Bertz CT molecular complexity index is 395. The van der Waals surface area contributed by atoms with E-state index in [2.05, 4.69) is 16.8 Å². The Kier molecular flexibility index (Phi) is 6.05. The van der Waals surface area contributed by atoms with Gasteiger partial charge in [0.1, 0.15) is 0 Å². The van der Waals surface area contributed by atoms with Gasteiger partial charge < -0.3 is 10.4 Å². The Hall–Kier alpha value is -0.870. The second kappa shape index (κ2) is 7.79. The fourth-order valence-corrected chi connectivity index (χ4v) is 3.54. The second-order valence-electron chi connectivity index (χ2n) is 5.85. The molecule has 1 saturated carbocycles. The van der Waals surface area contributed by atoms with Crippen LogP contribution in [0, 0.1) is 0 Å². The molecule has 0 aliphatic heterocycles. The molecule has 1 amide bonds. The van der Waals surface area contributed by atoms with Crippen LogP contribution in [0.2, 0.25) is 0 Å². The van der Waals surface area contributed by atoms with E-state index >= 15 is 0 Å². The molecule has 1 aromatic heterocycles. The highest BCUT2D eigenvalue weighted by Gasteiger charge is 2.28. The number of carbonyl (C=O) groups excluding carboxylic acids is 1. The first-order valence-corrected chi connectivity index (χ1v) is 8.57. The number of thiophene rings is 1. The highest BCUT2D eigenvalue weighted by Crippen LogP contribution is 2.26. The second-order valence-corrected chi connectivity index (χ2v) is 6.88. The van der Waals surface area contributed by atoms with Gasteiger partial charge in [-0.1, -0.05) is 31.7 Å². The zero-order valence-corrected chi connectivity index (χ0v) is 12.9. The molecule has 0 unspecified atom stereocenters. The van der Waals surface area contributed by atoms with E-state index in [1.807, 2.05) is 6.07 Å². The molecule has 0 radical (unpaired) electrons. The topological polar surface area (TPSA) is 49.3 Å². The summed E-state index contributed by atoms with van der Waals surface area (Å²) in [4.78, 5) is 13.2. The molecule has 4 heteroatoms. The maximum absolute atomic E-state index is 11.8. The lowest BCUT2D eigenvalue weighted by molar-refractivity contribution is -0.122. The third-order valence-corrected chi connectivity index (χ3v) is 4.99. The van der Waals surface area contributed by atoms with Crippen molar-refractivity contribution < 1.29 is 9.90 Å². The highest BCUT2D eigenvalue weighted by atomic mass is 32.1. The Morgan fingerprint density at radius 1 is 1.30 bits per heavy atom. The Morgan fingerprint density at radius 3 is 2.70 bits per heavy atom. The minimum Gasteiger partial charge on any atom is -0.388 e. The minimum atomic E-state index is -0.667. The molecule has 0 atom stereocenters. The van der Waals surface area contributed by atoms with E-state index in [-0.39, 0.29) is 5.91 Å².